The minimum Gasteiger partial charge on any atom is -0.376 e. The minimum atomic E-state index is -0.214. The van der Waals surface area contributed by atoms with E-state index < -0.39 is 0 Å². The van der Waals surface area contributed by atoms with E-state index in [0.717, 1.165) is 24.9 Å². The summed E-state index contributed by atoms with van der Waals surface area (Å²) in [4.78, 5) is 35.9. The maximum Gasteiger partial charge on any atom is 0.251 e. The molecule has 2 aromatic carbocycles. The predicted molar refractivity (Wildman–Crippen MR) is 121 cm³/mol. The molecule has 0 fully saturated rings. The molecule has 0 radical (unpaired) electrons. The van der Waals surface area contributed by atoms with Gasteiger partial charge in [0.1, 0.15) is 0 Å². The Kier molecular flexibility index (Phi) is 9.37. The van der Waals surface area contributed by atoms with Crippen molar-refractivity contribution < 1.29 is 14.4 Å². The standard InChI is InChI=1S/C23H30N4O3/c1-3-5-14-24-23(30)17-10-12-18(13-11-17)25-16-22(29)27-20-9-6-8-19(15-20)26-21(28)7-4-2/h6,8-13,15,25H,3-5,7,14,16H2,1-2H3,(H,24,30)(H,26,28)(H,27,29). The van der Waals surface area contributed by atoms with Crippen LogP contribution < -0.4 is 21.3 Å². The van der Waals surface area contributed by atoms with Gasteiger partial charge in [0.15, 0.2) is 0 Å². The third-order valence-electron chi connectivity index (χ3n) is 4.32. The normalized spacial score (nSPS) is 10.2. The van der Waals surface area contributed by atoms with E-state index in [4.69, 9.17) is 0 Å². The number of anilines is 3. The lowest BCUT2D eigenvalue weighted by Crippen LogP contribution is -2.24. The van der Waals surface area contributed by atoms with Crippen molar-refractivity contribution in [1.29, 1.82) is 0 Å². The van der Waals surface area contributed by atoms with Crippen LogP contribution in [0, 0.1) is 0 Å². The molecule has 0 bridgehead atoms. The lowest BCUT2D eigenvalue weighted by Gasteiger charge is -2.10. The fourth-order valence-corrected chi connectivity index (χ4v) is 2.73. The zero-order valence-corrected chi connectivity index (χ0v) is 17.6. The number of hydrogen-bond acceptors (Lipinski definition) is 4. The first-order chi connectivity index (χ1) is 14.5. The summed E-state index contributed by atoms with van der Waals surface area (Å²) in [7, 11) is 0. The average molecular weight is 411 g/mol. The number of unbranched alkanes of at least 4 members (excludes halogenated alkanes) is 1. The Morgan fingerprint density at radius 1 is 0.800 bits per heavy atom. The first-order valence-corrected chi connectivity index (χ1v) is 10.3. The van der Waals surface area contributed by atoms with E-state index >= 15 is 0 Å². The summed E-state index contributed by atoms with van der Waals surface area (Å²) in [6, 6.07) is 14.0. The Balaban J connectivity index is 1.82. The molecule has 0 heterocycles. The molecule has 3 amide bonds. The molecule has 0 aromatic heterocycles. The Bertz CT molecular complexity index is 850. The van der Waals surface area contributed by atoms with Crippen LogP contribution in [0.25, 0.3) is 0 Å². The van der Waals surface area contributed by atoms with Crippen LogP contribution in [0.5, 0.6) is 0 Å². The van der Waals surface area contributed by atoms with Crippen molar-refractivity contribution in [2.24, 2.45) is 0 Å². The van der Waals surface area contributed by atoms with Crippen LogP contribution in [-0.4, -0.2) is 30.8 Å². The van der Waals surface area contributed by atoms with E-state index in [9.17, 15) is 14.4 Å². The number of benzene rings is 2. The number of hydrogen-bond donors (Lipinski definition) is 4. The molecule has 0 spiro atoms. The van der Waals surface area contributed by atoms with Gasteiger partial charge in [0.2, 0.25) is 11.8 Å². The van der Waals surface area contributed by atoms with Gasteiger partial charge >= 0.3 is 0 Å². The number of amides is 3. The van der Waals surface area contributed by atoms with Crippen LogP contribution in [0.2, 0.25) is 0 Å². The van der Waals surface area contributed by atoms with E-state index in [0.29, 0.717) is 29.9 Å². The third-order valence-corrected chi connectivity index (χ3v) is 4.32. The molecular weight excluding hydrogens is 380 g/mol. The van der Waals surface area contributed by atoms with Gasteiger partial charge in [-0.3, -0.25) is 14.4 Å². The molecule has 30 heavy (non-hydrogen) atoms. The molecule has 4 N–H and O–H groups in total. The Morgan fingerprint density at radius 2 is 1.47 bits per heavy atom. The summed E-state index contributed by atoms with van der Waals surface area (Å²) in [5.74, 6) is -0.364. The topological polar surface area (TPSA) is 99.3 Å². The van der Waals surface area contributed by atoms with Gasteiger partial charge in [0, 0.05) is 35.6 Å². The van der Waals surface area contributed by atoms with Crippen LogP contribution in [-0.2, 0) is 9.59 Å². The van der Waals surface area contributed by atoms with Crippen molar-refractivity contribution >= 4 is 34.8 Å². The quantitative estimate of drug-likeness (QED) is 0.421. The lowest BCUT2D eigenvalue weighted by atomic mass is 10.2. The van der Waals surface area contributed by atoms with Crippen LogP contribution >= 0.6 is 0 Å². The molecule has 0 aliphatic carbocycles. The molecule has 0 aliphatic rings. The van der Waals surface area contributed by atoms with Crippen molar-refractivity contribution in [3.8, 4) is 0 Å². The van der Waals surface area contributed by atoms with Crippen LogP contribution in [0.15, 0.2) is 48.5 Å². The van der Waals surface area contributed by atoms with Crippen LogP contribution in [0.4, 0.5) is 17.1 Å². The monoisotopic (exact) mass is 410 g/mol. The third kappa shape index (κ3) is 7.95. The van der Waals surface area contributed by atoms with Crippen molar-refractivity contribution in [2.75, 3.05) is 29.0 Å². The highest BCUT2D eigenvalue weighted by atomic mass is 16.2. The van der Waals surface area contributed by atoms with E-state index in [1.165, 1.54) is 0 Å². The molecule has 7 heteroatoms. The molecule has 160 valence electrons. The van der Waals surface area contributed by atoms with Gasteiger partial charge in [0.25, 0.3) is 5.91 Å². The summed E-state index contributed by atoms with van der Waals surface area (Å²) in [5, 5.41) is 11.5. The lowest BCUT2D eigenvalue weighted by molar-refractivity contribution is -0.116. The smallest absolute Gasteiger partial charge is 0.251 e. The number of nitrogens with one attached hydrogen (secondary N) is 4. The molecule has 2 rings (SSSR count). The summed E-state index contributed by atoms with van der Waals surface area (Å²) in [6.45, 7) is 4.76. The highest BCUT2D eigenvalue weighted by molar-refractivity contribution is 5.96. The maximum atomic E-state index is 12.2. The second-order valence-corrected chi connectivity index (χ2v) is 6.97. The number of carbonyl (C=O) groups is 3. The first-order valence-electron chi connectivity index (χ1n) is 10.3. The number of carbonyl (C=O) groups excluding carboxylic acids is 3. The van der Waals surface area contributed by atoms with Gasteiger partial charge in [-0.05, 0) is 55.3 Å². The molecule has 0 atom stereocenters. The SMILES string of the molecule is CCCCNC(=O)c1ccc(NCC(=O)Nc2cccc(NC(=O)CCC)c2)cc1. The van der Waals surface area contributed by atoms with Crippen molar-refractivity contribution in [1.82, 2.24) is 5.32 Å². The Labute approximate surface area is 177 Å². The largest absolute Gasteiger partial charge is 0.376 e. The van der Waals surface area contributed by atoms with E-state index in [2.05, 4.69) is 28.2 Å². The van der Waals surface area contributed by atoms with Gasteiger partial charge < -0.3 is 21.3 Å². The summed E-state index contributed by atoms with van der Waals surface area (Å²) < 4.78 is 0. The fraction of sp³-hybridized carbons (Fsp3) is 0.348. The molecule has 7 nitrogen and oxygen atoms in total. The van der Waals surface area contributed by atoms with E-state index in [1.807, 2.05) is 6.92 Å². The first kappa shape index (κ1) is 22.9. The van der Waals surface area contributed by atoms with Crippen LogP contribution in [0.1, 0.15) is 49.9 Å². The Hall–Kier alpha value is -3.35. The summed E-state index contributed by atoms with van der Waals surface area (Å²) >= 11 is 0. The summed E-state index contributed by atoms with van der Waals surface area (Å²) in [5.41, 5.74) is 2.58. The second kappa shape index (κ2) is 12.3. The fourth-order valence-electron chi connectivity index (χ4n) is 2.73. The van der Waals surface area contributed by atoms with Gasteiger partial charge in [-0.15, -0.1) is 0 Å². The zero-order chi connectivity index (χ0) is 21.8. The predicted octanol–water partition coefficient (Wildman–Crippen LogP) is 4.01. The molecule has 0 aliphatic heterocycles. The van der Waals surface area contributed by atoms with Crippen molar-refractivity contribution in [3.05, 3.63) is 54.1 Å². The molecular formula is C23H30N4O3. The minimum absolute atomic E-state index is 0.0508. The van der Waals surface area contributed by atoms with Crippen LogP contribution in [0.3, 0.4) is 0 Å². The summed E-state index contributed by atoms with van der Waals surface area (Å²) in [6.07, 6.45) is 3.22. The highest BCUT2D eigenvalue weighted by Gasteiger charge is 2.07. The van der Waals surface area contributed by atoms with Gasteiger partial charge in [-0.2, -0.15) is 0 Å². The molecule has 0 saturated heterocycles. The van der Waals surface area contributed by atoms with Crippen molar-refractivity contribution in [3.63, 3.8) is 0 Å². The van der Waals surface area contributed by atoms with Gasteiger partial charge in [0.05, 0.1) is 6.54 Å². The zero-order valence-electron chi connectivity index (χ0n) is 17.6. The van der Waals surface area contributed by atoms with E-state index in [-0.39, 0.29) is 24.3 Å². The Morgan fingerprint density at radius 3 is 2.10 bits per heavy atom. The molecule has 0 saturated carbocycles. The van der Waals surface area contributed by atoms with Gasteiger partial charge in [-0.1, -0.05) is 26.3 Å². The van der Waals surface area contributed by atoms with Gasteiger partial charge in [-0.25, -0.2) is 0 Å². The molecule has 0 unspecified atom stereocenters. The highest BCUT2D eigenvalue weighted by Crippen LogP contribution is 2.16. The average Bonchev–Trinajstić information content (AvgIpc) is 2.73. The van der Waals surface area contributed by atoms with E-state index in [1.54, 1.807) is 48.5 Å². The number of rotatable bonds is 11. The molecule has 2 aromatic rings. The second-order valence-electron chi connectivity index (χ2n) is 6.97. The maximum absolute atomic E-state index is 12.2. The van der Waals surface area contributed by atoms with Crippen molar-refractivity contribution in [2.45, 2.75) is 39.5 Å².